The fourth-order valence-corrected chi connectivity index (χ4v) is 1.73. The van der Waals surface area contributed by atoms with Gasteiger partial charge in [0.05, 0.1) is 11.3 Å². The number of pyridine rings is 1. The summed E-state index contributed by atoms with van der Waals surface area (Å²) in [7, 11) is 0. The molecule has 76 valence electrons. The van der Waals surface area contributed by atoms with Gasteiger partial charge in [-0.25, -0.2) is 8.78 Å². The summed E-state index contributed by atoms with van der Waals surface area (Å²) >= 11 is 1.78. The molecule has 0 aliphatic carbocycles. The summed E-state index contributed by atoms with van der Waals surface area (Å²) < 4.78 is 25.3. The number of halogens is 3. The van der Waals surface area contributed by atoms with Gasteiger partial charge in [-0.15, -0.1) is 0 Å². The minimum absolute atomic E-state index is 0.131. The Morgan fingerprint density at radius 1 is 1.64 bits per heavy atom. The van der Waals surface area contributed by atoms with Gasteiger partial charge >= 0.3 is 0 Å². The Balaban J connectivity index is 3.45. The highest BCUT2D eigenvalue weighted by atomic mass is 127. The van der Waals surface area contributed by atoms with Gasteiger partial charge in [0.1, 0.15) is 0 Å². The highest BCUT2D eigenvalue weighted by Crippen LogP contribution is 2.26. The van der Waals surface area contributed by atoms with Gasteiger partial charge in [0.25, 0.3) is 6.43 Å². The van der Waals surface area contributed by atoms with Crippen LogP contribution in [-0.2, 0) is 0 Å². The number of carbonyl (C=O) groups is 1. The van der Waals surface area contributed by atoms with E-state index >= 15 is 0 Å². The Bertz CT molecular complexity index is 382. The number of rotatable bonds is 2. The molecule has 3 nitrogen and oxygen atoms in total. The summed E-state index contributed by atoms with van der Waals surface area (Å²) in [6, 6.07) is 0. The summed E-state index contributed by atoms with van der Waals surface area (Å²) in [4.78, 5) is 14.7. The first-order valence-electron chi connectivity index (χ1n) is 3.68. The van der Waals surface area contributed by atoms with Crippen LogP contribution in [0.1, 0.15) is 28.0 Å². The second-order valence-electron chi connectivity index (χ2n) is 2.65. The molecule has 0 aromatic carbocycles. The molecule has 0 unspecified atom stereocenters. The number of alkyl halides is 2. The fourth-order valence-electron chi connectivity index (χ4n) is 1.01. The zero-order chi connectivity index (χ0) is 10.9. The van der Waals surface area contributed by atoms with Crippen molar-refractivity contribution in [1.29, 1.82) is 0 Å². The smallest absolute Gasteiger partial charge is 0.266 e. The summed E-state index contributed by atoms with van der Waals surface area (Å²) in [6.07, 6.45) is -1.75. The molecule has 0 radical (unpaired) electrons. The lowest BCUT2D eigenvalue weighted by Gasteiger charge is -2.08. The van der Waals surface area contributed by atoms with Crippen LogP contribution in [0.2, 0.25) is 0 Å². The van der Waals surface area contributed by atoms with Crippen molar-refractivity contribution in [2.24, 2.45) is 5.73 Å². The Hall–Kier alpha value is -0.790. The van der Waals surface area contributed by atoms with Crippen LogP contribution in [0.4, 0.5) is 8.78 Å². The highest BCUT2D eigenvalue weighted by Gasteiger charge is 2.21. The van der Waals surface area contributed by atoms with E-state index < -0.39 is 17.9 Å². The minimum Gasteiger partial charge on any atom is -0.366 e. The first kappa shape index (κ1) is 11.3. The van der Waals surface area contributed by atoms with Crippen molar-refractivity contribution in [3.8, 4) is 0 Å². The molecule has 14 heavy (non-hydrogen) atoms. The molecule has 6 heteroatoms. The number of aryl methyl sites for hydroxylation is 1. The second kappa shape index (κ2) is 4.16. The molecular formula is C8H7F2IN2O. The first-order valence-corrected chi connectivity index (χ1v) is 4.76. The number of nitrogens with zero attached hydrogens (tertiary/aromatic N) is 1. The zero-order valence-electron chi connectivity index (χ0n) is 7.22. The van der Waals surface area contributed by atoms with Gasteiger partial charge in [0, 0.05) is 15.3 Å². The molecule has 1 aromatic rings. The van der Waals surface area contributed by atoms with Crippen LogP contribution in [0.5, 0.6) is 0 Å². The molecule has 2 N–H and O–H groups in total. The highest BCUT2D eigenvalue weighted by molar-refractivity contribution is 14.1. The number of nitrogens with two attached hydrogens (primary N) is 1. The van der Waals surface area contributed by atoms with Crippen molar-refractivity contribution in [3.63, 3.8) is 0 Å². The first-order chi connectivity index (χ1) is 6.45. The number of aromatic nitrogens is 1. The molecule has 1 aromatic heterocycles. The third kappa shape index (κ3) is 1.99. The lowest BCUT2D eigenvalue weighted by Crippen LogP contribution is -2.17. The summed E-state index contributed by atoms with van der Waals surface area (Å²) in [6.45, 7) is 1.63. The molecule has 0 saturated carbocycles. The van der Waals surface area contributed by atoms with Crippen LogP contribution >= 0.6 is 22.6 Å². The minimum atomic E-state index is -2.74. The van der Waals surface area contributed by atoms with E-state index in [4.69, 9.17) is 5.73 Å². The van der Waals surface area contributed by atoms with Gasteiger partial charge in [-0.3, -0.25) is 9.78 Å². The quantitative estimate of drug-likeness (QED) is 0.850. The van der Waals surface area contributed by atoms with Gasteiger partial charge < -0.3 is 5.73 Å². The van der Waals surface area contributed by atoms with Gasteiger partial charge in [-0.1, -0.05) is 0 Å². The third-order valence-electron chi connectivity index (χ3n) is 1.70. The third-order valence-corrected chi connectivity index (χ3v) is 3.02. The molecule has 0 spiro atoms. The predicted octanol–water partition coefficient (Wildman–Crippen LogP) is 2.03. The van der Waals surface area contributed by atoms with Crippen LogP contribution in [0.25, 0.3) is 0 Å². The molecule has 0 aliphatic rings. The fraction of sp³-hybridized carbons (Fsp3) is 0.250. The van der Waals surface area contributed by atoms with E-state index in [1.807, 2.05) is 0 Å². The predicted molar refractivity (Wildman–Crippen MR) is 55.2 cm³/mol. The number of carbonyl (C=O) groups excluding carboxylic acids is 1. The Kier molecular flexibility index (Phi) is 3.35. The molecule has 1 rings (SSSR count). The van der Waals surface area contributed by atoms with Crippen LogP contribution in [-0.4, -0.2) is 10.9 Å². The van der Waals surface area contributed by atoms with Gasteiger partial charge in [-0.05, 0) is 29.5 Å². The van der Waals surface area contributed by atoms with Crippen LogP contribution < -0.4 is 5.73 Å². The SMILES string of the molecule is Cc1ncc(C(F)F)c(C(N)=O)c1I. The standard InChI is InChI=1S/C8H7F2IN2O/c1-3-6(11)5(8(12)14)4(2-13-3)7(9)10/h2,7H,1H3,(H2,12,14). The van der Waals surface area contributed by atoms with Crippen molar-refractivity contribution in [2.45, 2.75) is 13.3 Å². The van der Waals surface area contributed by atoms with E-state index in [1.54, 1.807) is 29.5 Å². The summed E-state index contributed by atoms with van der Waals surface area (Å²) in [5.74, 6) is -0.852. The normalized spacial score (nSPS) is 10.6. The lowest BCUT2D eigenvalue weighted by molar-refractivity contribution is 0.0984. The monoisotopic (exact) mass is 312 g/mol. The largest absolute Gasteiger partial charge is 0.366 e. The molecular weight excluding hydrogens is 305 g/mol. The summed E-state index contributed by atoms with van der Waals surface area (Å²) in [5.41, 5.74) is 4.99. The second-order valence-corrected chi connectivity index (χ2v) is 3.73. The zero-order valence-corrected chi connectivity index (χ0v) is 9.38. The number of hydrogen-bond acceptors (Lipinski definition) is 2. The number of amides is 1. The average molecular weight is 312 g/mol. The van der Waals surface area contributed by atoms with E-state index in [0.717, 1.165) is 6.20 Å². The topological polar surface area (TPSA) is 56.0 Å². The molecule has 0 fully saturated rings. The van der Waals surface area contributed by atoms with Crippen molar-refractivity contribution < 1.29 is 13.6 Å². The number of hydrogen-bond donors (Lipinski definition) is 1. The molecule has 0 bridgehead atoms. The van der Waals surface area contributed by atoms with Gasteiger partial charge in [-0.2, -0.15) is 0 Å². The Morgan fingerprint density at radius 2 is 2.21 bits per heavy atom. The van der Waals surface area contributed by atoms with Crippen molar-refractivity contribution in [1.82, 2.24) is 4.98 Å². The van der Waals surface area contributed by atoms with E-state index in [0.29, 0.717) is 9.26 Å². The van der Waals surface area contributed by atoms with Crippen LogP contribution in [0.3, 0.4) is 0 Å². The Labute approximate surface area is 92.8 Å². The van der Waals surface area contributed by atoms with Crippen molar-refractivity contribution in [2.75, 3.05) is 0 Å². The molecule has 0 aliphatic heterocycles. The lowest BCUT2D eigenvalue weighted by atomic mass is 10.1. The summed E-state index contributed by atoms with van der Waals surface area (Å²) in [5, 5.41) is 0. The van der Waals surface area contributed by atoms with E-state index in [-0.39, 0.29) is 5.56 Å². The van der Waals surface area contributed by atoms with Crippen molar-refractivity contribution in [3.05, 3.63) is 26.6 Å². The van der Waals surface area contributed by atoms with Gasteiger partial charge in [0.15, 0.2) is 0 Å². The molecule has 1 amide bonds. The molecule has 0 saturated heterocycles. The van der Waals surface area contributed by atoms with Gasteiger partial charge in [0.2, 0.25) is 5.91 Å². The van der Waals surface area contributed by atoms with E-state index in [9.17, 15) is 13.6 Å². The average Bonchev–Trinajstić information content (AvgIpc) is 2.08. The maximum atomic E-state index is 12.4. The van der Waals surface area contributed by atoms with Crippen LogP contribution in [0.15, 0.2) is 6.20 Å². The maximum Gasteiger partial charge on any atom is 0.266 e. The van der Waals surface area contributed by atoms with E-state index in [1.165, 1.54) is 0 Å². The Morgan fingerprint density at radius 3 is 2.64 bits per heavy atom. The molecule has 0 atom stereocenters. The van der Waals surface area contributed by atoms with E-state index in [2.05, 4.69) is 4.98 Å². The number of primary amides is 1. The maximum absolute atomic E-state index is 12.4. The van der Waals surface area contributed by atoms with Crippen molar-refractivity contribution >= 4 is 28.5 Å². The van der Waals surface area contributed by atoms with Crippen LogP contribution in [0, 0.1) is 10.5 Å². The molecule has 1 heterocycles.